The molecule has 1 N–H and O–H groups in total. The highest BCUT2D eigenvalue weighted by Gasteiger charge is 2.09. The summed E-state index contributed by atoms with van der Waals surface area (Å²) in [4.78, 5) is 0. The van der Waals surface area contributed by atoms with Crippen molar-refractivity contribution < 1.29 is 4.42 Å². The molecule has 0 saturated carbocycles. The Labute approximate surface area is 138 Å². The van der Waals surface area contributed by atoms with E-state index >= 15 is 0 Å². The Kier molecular flexibility index (Phi) is 7.01. The second-order valence-electron chi connectivity index (χ2n) is 5.77. The number of halogens is 1. The highest BCUT2D eigenvalue weighted by atomic mass is 35.5. The van der Waals surface area contributed by atoms with Gasteiger partial charge in [0.2, 0.25) is 0 Å². The number of benzene rings is 1. The van der Waals surface area contributed by atoms with Crippen LogP contribution in [0, 0.1) is 6.92 Å². The third-order valence-corrected chi connectivity index (χ3v) is 4.36. The molecule has 2 nitrogen and oxygen atoms in total. The van der Waals surface area contributed by atoms with Crippen molar-refractivity contribution in [1.82, 2.24) is 5.32 Å². The van der Waals surface area contributed by atoms with Gasteiger partial charge in [0.05, 0.1) is 6.54 Å². The van der Waals surface area contributed by atoms with Gasteiger partial charge in [0.25, 0.3) is 0 Å². The minimum Gasteiger partial charge on any atom is -0.460 e. The van der Waals surface area contributed by atoms with Crippen molar-refractivity contribution in [3.63, 3.8) is 0 Å². The fourth-order valence-electron chi connectivity index (χ4n) is 2.56. The van der Waals surface area contributed by atoms with Crippen molar-refractivity contribution in [3.05, 3.63) is 46.7 Å². The Morgan fingerprint density at radius 3 is 2.68 bits per heavy atom. The van der Waals surface area contributed by atoms with E-state index in [1.54, 1.807) is 0 Å². The minimum absolute atomic E-state index is 0.778. The first kappa shape index (κ1) is 17.1. The largest absolute Gasteiger partial charge is 0.460 e. The third-order valence-electron chi connectivity index (χ3n) is 3.95. The Morgan fingerprint density at radius 1 is 1.05 bits per heavy atom. The van der Waals surface area contributed by atoms with E-state index in [4.69, 9.17) is 16.0 Å². The lowest BCUT2D eigenvalue weighted by Gasteiger charge is -2.05. The zero-order chi connectivity index (χ0) is 15.8. The number of hydrogen-bond acceptors (Lipinski definition) is 2. The maximum atomic E-state index is 6.17. The molecule has 0 atom stereocenters. The molecule has 22 heavy (non-hydrogen) atoms. The van der Waals surface area contributed by atoms with E-state index in [1.807, 2.05) is 37.3 Å². The molecule has 0 aliphatic heterocycles. The van der Waals surface area contributed by atoms with Crippen LogP contribution in [0.25, 0.3) is 11.3 Å². The summed E-state index contributed by atoms with van der Waals surface area (Å²) in [5.41, 5.74) is 2.13. The van der Waals surface area contributed by atoms with Crippen LogP contribution >= 0.6 is 11.6 Å². The van der Waals surface area contributed by atoms with Gasteiger partial charge in [0.15, 0.2) is 0 Å². The predicted molar refractivity (Wildman–Crippen MR) is 94.4 cm³/mol. The smallest absolute Gasteiger partial charge is 0.134 e. The molecule has 0 spiro atoms. The molecule has 0 unspecified atom stereocenters. The highest BCUT2D eigenvalue weighted by Crippen LogP contribution is 2.29. The van der Waals surface area contributed by atoms with Crippen molar-refractivity contribution >= 4 is 11.6 Å². The lowest BCUT2D eigenvalue weighted by atomic mass is 10.1. The molecule has 3 heteroatoms. The molecular weight excluding hydrogens is 294 g/mol. The number of hydrogen-bond donors (Lipinski definition) is 1. The molecule has 1 heterocycles. The third kappa shape index (κ3) is 4.89. The Hall–Kier alpha value is -1.25. The van der Waals surface area contributed by atoms with Crippen LogP contribution in [0.3, 0.4) is 0 Å². The summed E-state index contributed by atoms with van der Waals surface area (Å²) in [7, 11) is 0. The number of nitrogens with one attached hydrogen (secondary N) is 1. The van der Waals surface area contributed by atoms with Gasteiger partial charge >= 0.3 is 0 Å². The van der Waals surface area contributed by atoms with E-state index in [-0.39, 0.29) is 0 Å². The molecule has 2 rings (SSSR count). The monoisotopic (exact) mass is 319 g/mol. The van der Waals surface area contributed by atoms with E-state index < -0.39 is 0 Å². The Balaban J connectivity index is 1.81. The average Bonchev–Trinajstić information content (AvgIpc) is 2.98. The van der Waals surface area contributed by atoms with Gasteiger partial charge in [-0.1, -0.05) is 56.3 Å². The molecule has 0 bridgehead atoms. The van der Waals surface area contributed by atoms with Gasteiger partial charge in [0, 0.05) is 10.6 Å². The van der Waals surface area contributed by atoms with Crippen LogP contribution in [0.1, 0.15) is 50.4 Å². The number of unbranched alkanes of at least 4 members (excludes halogenated alkanes) is 4. The van der Waals surface area contributed by atoms with Crippen LogP contribution < -0.4 is 5.32 Å². The fourth-order valence-corrected chi connectivity index (χ4v) is 2.73. The van der Waals surface area contributed by atoms with Crippen molar-refractivity contribution in [1.29, 1.82) is 0 Å². The van der Waals surface area contributed by atoms with Gasteiger partial charge < -0.3 is 9.73 Å². The fraction of sp³-hybridized carbons (Fsp3) is 0.474. The van der Waals surface area contributed by atoms with E-state index in [9.17, 15) is 0 Å². The summed E-state index contributed by atoms with van der Waals surface area (Å²) < 4.78 is 5.93. The first-order valence-electron chi connectivity index (χ1n) is 8.27. The quantitative estimate of drug-likeness (QED) is 0.576. The van der Waals surface area contributed by atoms with Crippen LogP contribution in [0.5, 0.6) is 0 Å². The second kappa shape index (κ2) is 9.02. The van der Waals surface area contributed by atoms with Crippen molar-refractivity contribution in [2.45, 2.75) is 52.5 Å². The lowest BCUT2D eigenvalue weighted by Crippen LogP contribution is -2.14. The topological polar surface area (TPSA) is 25.2 Å². The average molecular weight is 320 g/mol. The summed E-state index contributed by atoms with van der Waals surface area (Å²) in [5, 5.41) is 4.23. The molecule has 120 valence electrons. The zero-order valence-corrected chi connectivity index (χ0v) is 14.4. The van der Waals surface area contributed by atoms with Crippen LogP contribution in [0.4, 0.5) is 0 Å². The molecule has 0 aliphatic rings. The van der Waals surface area contributed by atoms with Gasteiger partial charge in [0.1, 0.15) is 11.5 Å². The molecule has 0 aliphatic carbocycles. The zero-order valence-electron chi connectivity index (χ0n) is 13.6. The molecule has 0 saturated heterocycles. The summed E-state index contributed by atoms with van der Waals surface area (Å²) >= 11 is 6.17. The van der Waals surface area contributed by atoms with Gasteiger partial charge in [-0.25, -0.2) is 0 Å². The molecule has 0 fully saturated rings. The molecule has 2 aromatic rings. The standard InChI is InChI=1S/C19H26ClNO/c1-3-4-5-6-7-13-21-14-16-11-12-19(22-16)17-9-8-10-18(20)15(17)2/h8-12,21H,3-7,13-14H2,1-2H3. The Morgan fingerprint density at radius 2 is 1.86 bits per heavy atom. The SMILES string of the molecule is CCCCCCCNCc1ccc(-c2cccc(Cl)c2C)o1. The first-order valence-corrected chi connectivity index (χ1v) is 8.65. The number of furan rings is 1. The van der Waals surface area contributed by atoms with Crippen molar-refractivity contribution in [2.24, 2.45) is 0 Å². The van der Waals surface area contributed by atoms with E-state index in [0.717, 1.165) is 40.8 Å². The van der Waals surface area contributed by atoms with Crippen molar-refractivity contribution in [3.8, 4) is 11.3 Å². The summed E-state index contributed by atoms with van der Waals surface area (Å²) in [5.74, 6) is 1.86. The molecule has 0 amide bonds. The van der Waals surface area contributed by atoms with Crippen LogP contribution in [0.15, 0.2) is 34.7 Å². The van der Waals surface area contributed by atoms with Gasteiger partial charge in [-0.2, -0.15) is 0 Å². The minimum atomic E-state index is 0.778. The maximum absolute atomic E-state index is 6.17. The van der Waals surface area contributed by atoms with Gasteiger partial charge in [-0.05, 0) is 43.7 Å². The molecule has 1 aromatic heterocycles. The van der Waals surface area contributed by atoms with Crippen LogP contribution in [0.2, 0.25) is 5.02 Å². The van der Waals surface area contributed by atoms with E-state index in [1.165, 1.54) is 32.1 Å². The maximum Gasteiger partial charge on any atom is 0.134 e. The Bertz CT molecular complexity index is 577. The van der Waals surface area contributed by atoms with Crippen LogP contribution in [-0.4, -0.2) is 6.54 Å². The van der Waals surface area contributed by atoms with Gasteiger partial charge in [-0.3, -0.25) is 0 Å². The second-order valence-corrected chi connectivity index (χ2v) is 6.18. The normalized spacial score (nSPS) is 11.0. The lowest BCUT2D eigenvalue weighted by molar-refractivity contribution is 0.486. The first-order chi connectivity index (χ1) is 10.7. The molecular formula is C19H26ClNO. The number of rotatable bonds is 9. The van der Waals surface area contributed by atoms with E-state index in [0.29, 0.717) is 0 Å². The summed E-state index contributed by atoms with van der Waals surface area (Å²) in [6.45, 7) is 6.10. The molecule has 1 aromatic carbocycles. The summed E-state index contributed by atoms with van der Waals surface area (Å²) in [6, 6.07) is 9.98. The molecule has 0 radical (unpaired) electrons. The van der Waals surface area contributed by atoms with E-state index in [2.05, 4.69) is 12.2 Å². The highest BCUT2D eigenvalue weighted by molar-refractivity contribution is 6.31. The van der Waals surface area contributed by atoms with Crippen molar-refractivity contribution in [2.75, 3.05) is 6.54 Å². The summed E-state index contributed by atoms with van der Waals surface area (Å²) in [6.07, 6.45) is 6.54. The van der Waals surface area contributed by atoms with Crippen LogP contribution in [-0.2, 0) is 6.54 Å². The van der Waals surface area contributed by atoms with Gasteiger partial charge in [-0.15, -0.1) is 0 Å². The predicted octanol–water partition coefficient (Wildman–Crippen LogP) is 5.97.